The topological polar surface area (TPSA) is 82.5 Å². The summed E-state index contributed by atoms with van der Waals surface area (Å²) < 4.78 is 13.0. The maximum Gasteiger partial charge on any atom is 0.261 e. The van der Waals surface area contributed by atoms with E-state index in [0.29, 0.717) is 53.8 Å². The Morgan fingerprint density at radius 3 is 2.74 bits per heavy atom. The molecule has 1 N–H and O–H groups in total. The number of nitrogens with one attached hydrogen (secondary N) is 1. The smallest absolute Gasteiger partial charge is 0.261 e. The zero-order chi connectivity index (χ0) is 21.8. The van der Waals surface area contributed by atoms with Crippen LogP contribution in [0.2, 0.25) is 0 Å². The molecule has 3 aromatic rings. The maximum absolute atomic E-state index is 12.8. The minimum absolute atomic E-state index is 0.0929. The molecule has 0 bridgehead atoms. The van der Waals surface area contributed by atoms with Crippen molar-refractivity contribution >= 4 is 22.5 Å². The largest absolute Gasteiger partial charge is 0.490 e. The van der Waals surface area contributed by atoms with Gasteiger partial charge in [-0.05, 0) is 48.2 Å². The number of carbonyl (C=O) groups is 1. The fraction of sp³-hybridized carbons (Fsp3) is 0.375. The molecule has 7 nitrogen and oxygen atoms in total. The first kappa shape index (κ1) is 20.9. The van der Waals surface area contributed by atoms with Crippen LogP contribution >= 0.6 is 0 Å². The van der Waals surface area contributed by atoms with Crippen molar-refractivity contribution in [3.8, 4) is 11.5 Å². The van der Waals surface area contributed by atoms with Crippen molar-refractivity contribution in [3.05, 3.63) is 58.6 Å². The standard InChI is InChI=1S/C24H27N3O4/c1-16(2)8-9-27-15-25-20-6-5-18(14-19(20)24(27)29)26-23(28)13-17-4-7-21-22(12-17)31-11-3-10-30-21/h4-7,12,14-16H,3,8-11,13H2,1-2H3,(H,26,28). The Kier molecular flexibility index (Phi) is 6.21. The summed E-state index contributed by atoms with van der Waals surface area (Å²) in [6.07, 6.45) is 3.52. The lowest BCUT2D eigenvalue weighted by molar-refractivity contribution is -0.115. The van der Waals surface area contributed by atoms with E-state index >= 15 is 0 Å². The second-order valence-electron chi connectivity index (χ2n) is 8.21. The monoisotopic (exact) mass is 421 g/mol. The quantitative estimate of drug-likeness (QED) is 0.655. The van der Waals surface area contributed by atoms with Gasteiger partial charge in [0.15, 0.2) is 11.5 Å². The number of benzene rings is 2. The van der Waals surface area contributed by atoms with Crippen molar-refractivity contribution in [2.45, 2.75) is 39.7 Å². The first-order valence-electron chi connectivity index (χ1n) is 10.7. The zero-order valence-corrected chi connectivity index (χ0v) is 17.9. The summed E-state index contributed by atoms with van der Waals surface area (Å²) in [7, 11) is 0. The molecule has 1 amide bonds. The van der Waals surface area contributed by atoms with Gasteiger partial charge in [-0.15, -0.1) is 0 Å². The minimum atomic E-state index is -0.169. The molecule has 0 saturated carbocycles. The first-order chi connectivity index (χ1) is 15.0. The van der Waals surface area contributed by atoms with Crippen LogP contribution in [-0.4, -0.2) is 28.7 Å². The van der Waals surface area contributed by atoms with Crippen LogP contribution in [0.5, 0.6) is 11.5 Å². The van der Waals surface area contributed by atoms with Crippen molar-refractivity contribution in [2.24, 2.45) is 5.92 Å². The molecular formula is C24H27N3O4. The Balaban J connectivity index is 1.49. The van der Waals surface area contributed by atoms with Crippen LogP contribution in [-0.2, 0) is 17.8 Å². The predicted octanol–water partition coefficient (Wildman–Crippen LogP) is 3.79. The van der Waals surface area contributed by atoms with E-state index in [0.717, 1.165) is 18.4 Å². The number of rotatable bonds is 6. The molecule has 0 radical (unpaired) electrons. The molecule has 7 heteroatoms. The average molecular weight is 421 g/mol. The molecule has 2 heterocycles. The predicted molar refractivity (Wildman–Crippen MR) is 120 cm³/mol. The Labute approximate surface area is 181 Å². The number of hydrogen-bond acceptors (Lipinski definition) is 5. The van der Waals surface area contributed by atoms with Crippen molar-refractivity contribution in [1.29, 1.82) is 0 Å². The number of aryl methyl sites for hydroxylation is 1. The number of hydrogen-bond donors (Lipinski definition) is 1. The van der Waals surface area contributed by atoms with Crippen LogP contribution in [0.4, 0.5) is 5.69 Å². The molecule has 1 aliphatic rings. The first-order valence-corrected chi connectivity index (χ1v) is 10.7. The van der Waals surface area contributed by atoms with Gasteiger partial charge in [-0.1, -0.05) is 19.9 Å². The van der Waals surface area contributed by atoms with Gasteiger partial charge >= 0.3 is 0 Å². The number of carbonyl (C=O) groups excluding carboxylic acids is 1. The number of ether oxygens (including phenoxy) is 2. The Bertz CT molecular complexity index is 1150. The second kappa shape index (κ2) is 9.20. The number of fused-ring (bicyclic) bond motifs is 2. The summed E-state index contributed by atoms with van der Waals surface area (Å²) in [6, 6.07) is 10.8. The Hall–Kier alpha value is -3.35. The molecule has 1 aliphatic heterocycles. The lowest BCUT2D eigenvalue weighted by Crippen LogP contribution is -2.22. The summed E-state index contributed by atoms with van der Waals surface area (Å²) in [6.45, 7) is 6.10. The zero-order valence-electron chi connectivity index (χ0n) is 17.9. The van der Waals surface area contributed by atoms with E-state index < -0.39 is 0 Å². The maximum atomic E-state index is 12.8. The number of anilines is 1. The molecule has 2 aromatic carbocycles. The van der Waals surface area contributed by atoms with E-state index in [1.54, 1.807) is 29.1 Å². The highest BCUT2D eigenvalue weighted by atomic mass is 16.5. The lowest BCUT2D eigenvalue weighted by atomic mass is 10.1. The fourth-order valence-electron chi connectivity index (χ4n) is 3.50. The van der Waals surface area contributed by atoms with Crippen LogP contribution in [0.25, 0.3) is 10.9 Å². The van der Waals surface area contributed by atoms with Gasteiger partial charge in [0.25, 0.3) is 5.56 Å². The van der Waals surface area contributed by atoms with Crippen molar-refractivity contribution in [3.63, 3.8) is 0 Å². The van der Waals surface area contributed by atoms with Gasteiger partial charge in [0.1, 0.15) is 0 Å². The van der Waals surface area contributed by atoms with Gasteiger partial charge in [0.2, 0.25) is 5.91 Å². The van der Waals surface area contributed by atoms with Crippen LogP contribution < -0.4 is 20.3 Å². The van der Waals surface area contributed by atoms with E-state index in [1.165, 1.54) is 0 Å². The summed E-state index contributed by atoms with van der Waals surface area (Å²) in [5, 5.41) is 3.38. The van der Waals surface area contributed by atoms with Crippen molar-refractivity contribution in [1.82, 2.24) is 9.55 Å². The van der Waals surface area contributed by atoms with Gasteiger partial charge in [-0.25, -0.2) is 4.98 Å². The molecular weight excluding hydrogens is 394 g/mol. The van der Waals surface area contributed by atoms with Gasteiger partial charge in [-0.3, -0.25) is 14.2 Å². The third kappa shape index (κ3) is 5.05. The van der Waals surface area contributed by atoms with Gasteiger partial charge in [0.05, 0.1) is 36.9 Å². The molecule has 162 valence electrons. The number of nitrogens with zero attached hydrogens (tertiary/aromatic N) is 2. The van der Waals surface area contributed by atoms with Crippen molar-refractivity contribution in [2.75, 3.05) is 18.5 Å². The van der Waals surface area contributed by atoms with Crippen LogP contribution in [0, 0.1) is 5.92 Å². The molecule has 0 atom stereocenters. The molecule has 31 heavy (non-hydrogen) atoms. The number of amides is 1. The van der Waals surface area contributed by atoms with E-state index in [9.17, 15) is 9.59 Å². The lowest BCUT2D eigenvalue weighted by Gasteiger charge is -2.11. The Morgan fingerprint density at radius 1 is 1.13 bits per heavy atom. The normalized spacial score (nSPS) is 13.3. The summed E-state index contributed by atoms with van der Waals surface area (Å²) in [5.74, 6) is 1.70. The highest BCUT2D eigenvalue weighted by Crippen LogP contribution is 2.30. The van der Waals surface area contributed by atoms with E-state index in [4.69, 9.17) is 9.47 Å². The van der Waals surface area contributed by atoms with Crippen LogP contribution in [0.1, 0.15) is 32.3 Å². The molecule has 4 rings (SSSR count). The summed E-state index contributed by atoms with van der Waals surface area (Å²) in [4.78, 5) is 29.8. The molecule has 0 spiro atoms. The van der Waals surface area contributed by atoms with Crippen LogP contribution in [0.15, 0.2) is 47.5 Å². The fourth-order valence-corrected chi connectivity index (χ4v) is 3.50. The van der Waals surface area contributed by atoms with Gasteiger partial charge in [0, 0.05) is 18.7 Å². The van der Waals surface area contributed by atoms with E-state index in [-0.39, 0.29) is 17.9 Å². The molecule has 0 unspecified atom stereocenters. The second-order valence-corrected chi connectivity index (χ2v) is 8.21. The third-order valence-corrected chi connectivity index (χ3v) is 5.23. The van der Waals surface area contributed by atoms with Crippen LogP contribution in [0.3, 0.4) is 0 Å². The van der Waals surface area contributed by atoms with Gasteiger partial charge < -0.3 is 14.8 Å². The highest BCUT2D eigenvalue weighted by molar-refractivity contribution is 5.94. The average Bonchev–Trinajstić information content (AvgIpc) is 2.98. The highest BCUT2D eigenvalue weighted by Gasteiger charge is 2.13. The number of aromatic nitrogens is 2. The van der Waals surface area contributed by atoms with E-state index in [2.05, 4.69) is 24.1 Å². The van der Waals surface area contributed by atoms with E-state index in [1.807, 2.05) is 18.2 Å². The molecule has 1 aromatic heterocycles. The van der Waals surface area contributed by atoms with Gasteiger partial charge in [-0.2, -0.15) is 0 Å². The molecule has 0 saturated heterocycles. The summed E-state index contributed by atoms with van der Waals surface area (Å²) in [5.41, 5.74) is 1.93. The third-order valence-electron chi connectivity index (χ3n) is 5.23. The van der Waals surface area contributed by atoms with Crippen molar-refractivity contribution < 1.29 is 14.3 Å². The SMILES string of the molecule is CC(C)CCn1cnc2ccc(NC(=O)Cc3ccc4c(c3)OCCCO4)cc2c1=O. The minimum Gasteiger partial charge on any atom is -0.490 e. The Morgan fingerprint density at radius 2 is 1.94 bits per heavy atom. The molecule has 0 fully saturated rings. The molecule has 0 aliphatic carbocycles. The summed E-state index contributed by atoms with van der Waals surface area (Å²) >= 11 is 0.